The van der Waals surface area contributed by atoms with Crippen LogP contribution in [-0.2, 0) is 9.53 Å². The second-order valence-electron chi connectivity index (χ2n) is 7.73. The van der Waals surface area contributed by atoms with Crippen molar-refractivity contribution in [3.63, 3.8) is 0 Å². The predicted octanol–water partition coefficient (Wildman–Crippen LogP) is 4.72. The molecule has 2 aliphatic rings. The quantitative estimate of drug-likeness (QED) is 0.277. The first-order valence-corrected chi connectivity index (χ1v) is 10.8. The number of likely N-dealkylation sites (tertiary alicyclic amines) is 1. The van der Waals surface area contributed by atoms with Crippen LogP contribution in [0.3, 0.4) is 0 Å². The Balaban J connectivity index is 1.63. The molecule has 1 fully saturated rings. The summed E-state index contributed by atoms with van der Waals surface area (Å²) in [5, 5.41) is 12.8. The molecule has 0 aromatic heterocycles. The Kier molecular flexibility index (Phi) is 7.55. The fourth-order valence-corrected chi connectivity index (χ4v) is 4.85. The van der Waals surface area contributed by atoms with E-state index in [1.165, 1.54) is 0 Å². The van der Waals surface area contributed by atoms with Gasteiger partial charge in [0.2, 0.25) is 6.04 Å². The number of ether oxygens (including phenoxy) is 1. The summed E-state index contributed by atoms with van der Waals surface area (Å²) in [5.41, 5.74) is 1.87. The summed E-state index contributed by atoms with van der Waals surface area (Å²) in [6, 6.07) is 4.46. The minimum Gasteiger partial charge on any atom is -0.466 e. The number of allylic oxidation sites excluding steroid dienone is 1. The van der Waals surface area contributed by atoms with E-state index in [0.29, 0.717) is 36.0 Å². The molecule has 1 heterocycles. The van der Waals surface area contributed by atoms with E-state index in [1.54, 1.807) is 18.2 Å². The van der Waals surface area contributed by atoms with Gasteiger partial charge in [-0.1, -0.05) is 40.9 Å². The maximum absolute atomic E-state index is 11.9. The van der Waals surface area contributed by atoms with Crippen molar-refractivity contribution in [2.24, 2.45) is 5.92 Å². The van der Waals surface area contributed by atoms with Gasteiger partial charge in [0.15, 0.2) is 0 Å². The zero-order valence-electron chi connectivity index (χ0n) is 16.5. The van der Waals surface area contributed by atoms with Crippen molar-refractivity contribution in [3.8, 4) is 0 Å². The number of piperidine rings is 1. The van der Waals surface area contributed by atoms with Gasteiger partial charge in [0, 0.05) is 27.9 Å². The summed E-state index contributed by atoms with van der Waals surface area (Å²) in [6.07, 6.45) is 4.66. The lowest BCUT2D eigenvalue weighted by atomic mass is 9.80. The van der Waals surface area contributed by atoms with E-state index in [-0.39, 0.29) is 22.7 Å². The average Bonchev–Trinajstić information content (AvgIpc) is 2.69. The molecule has 158 valence electrons. The second kappa shape index (κ2) is 9.92. The number of hydrogen-bond donors (Lipinski definition) is 0. The van der Waals surface area contributed by atoms with Crippen LogP contribution in [0.25, 0.3) is 0 Å². The number of rotatable bonds is 6. The Morgan fingerprint density at radius 1 is 1.31 bits per heavy atom. The lowest BCUT2D eigenvalue weighted by Crippen LogP contribution is -2.39. The molecule has 0 unspecified atom stereocenters. The Morgan fingerprint density at radius 2 is 2.03 bits per heavy atom. The second-order valence-corrected chi connectivity index (χ2v) is 8.57. The molecule has 0 bridgehead atoms. The summed E-state index contributed by atoms with van der Waals surface area (Å²) >= 11 is 12.3. The van der Waals surface area contributed by atoms with Crippen molar-refractivity contribution < 1.29 is 14.5 Å². The van der Waals surface area contributed by atoms with E-state index in [0.717, 1.165) is 37.1 Å². The van der Waals surface area contributed by atoms with Crippen molar-refractivity contribution in [3.05, 3.63) is 55.6 Å². The molecule has 6 nitrogen and oxygen atoms in total. The summed E-state index contributed by atoms with van der Waals surface area (Å²) in [6.45, 7) is 4.54. The molecule has 2 atom stereocenters. The minimum absolute atomic E-state index is 0.0329. The highest BCUT2D eigenvalue weighted by Crippen LogP contribution is 2.38. The van der Waals surface area contributed by atoms with Gasteiger partial charge in [-0.25, -0.2) is 0 Å². The molecule has 0 N–H and O–H groups in total. The number of hydrogen-bond acceptors (Lipinski definition) is 5. The van der Waals surface area contributed by atoms with E-state index < -0.39 is 6.04 Å². The van der Waals surface area contributed by atoms with Crippen LogP contribution in [0.5, 0.6) is 0 Å². The van der Waals surface area contributed by atoms with Gasteiger partial charge in [-0.15, -0.1) is 0 Å². The fraction of sp³-hybridized carbons (Fsp3) is 0.571. The molecule has 1 aromatic rings. The first-order valence-electron chi connectivity index (χ1n) is 10.0. The van der Waals surface area contributed by atoms with Gasteiger partial charge in [0.05, 0.1) is 18.4 Å². The molecule has 1 saturated heterocycles. The van der Waals surface area contributed by atoms with Crippen LogP contribution < -0.4 is 0 Å². The van der Waals surface area contributed by atoms with Crippen LogP contribution >= 0.6 is 23.2 Å². The molecular formula is C21H26Cl2N2O4. The van der Waals surface area contributed by atoms with Gasteiger partial charge in [-0.05, 0) is 57.0 Å². The zero-order valence-corrected chi connectivity index (χ0v) is 18.0. The van der Waals surface area contributed by atoms with Crippen molar-refractivity contribution in [2.45, 2.75) is 44.6 Å². The molecule has 0 amide bonds. The van der Waals surface area contributed by atoms with Crippen LogP contribution in [0.4, 0.5) is 0 Å². The molecule has 3 rings (SSSR count). The summed E-state index contributed by atoms with van der Waals surface area (Å²) < 4.78 is 5.11. The zero-order chi connectivity index (χ0) is 21.0. The lowest BCUT2D eigenvalue weighted by molar-refractivity contribution is -0.527. The average molecular weight is 441 g/mol. The summed E-state index contributed by atoms with van der Waals surface area (Å²) in [7, 11) is 0. The van der Waals surface area contributed by atoms with Gasteiger partial charge in [0.25, 0.3) is 0 Å². The topological polar surface area (TPSA) is 72.7 Å². The van der Waals surface area contributed by atoms with E-state index in [1.807, 2.05) is 6.92 Å². The minimum atomic E-state index is -0.703. The van der Waals surface area contributed by atoms with E-state index in [4.69, 9.17) is 27.9 Å². The molecule has 0 saturated carbocycles. The molecular weight excluding hydrogens is 415 g/mol. The smallest absolute Gasteiger partial charge is 0.309 e. The summed E-state index contributed by atoms with van der Waals surface area (Å²) in [4.78, 5) is 25.8. The van der Waals surface area contributed by atoms with E-state index in [2.05, 4.69) is 11.0 Å². The number of halogens is 2. The van der Waals surface area contributed by atoms with Crippen LogP contribution in [-0.4, -0.2) is 48.1 Å². The highest BCUT2D eigenvalue weighted by atomic mass is 35.5. The molecule has 29 heavy (non-hydrogen) atoms. The lowest BCUT2D eigenvalue weighted by Gasteiger charge is -2.33. The number of carbonyl (C=O) groups is 1. The van der Waals surface area contributed by atoms with Crippen LogP contribution in [0, 0.1) is 16.0 Å². The first-order chi connectivity index (χ1) is 13.9. The molecule has 1 aliphatic heterocycles. The molecule has 1 aromatic carbocycles. The van der Waals surface area contributed by atoms with Crippen LogP contribution in [0.2, 0.25) is 10.0 Å². The van der Waals surface area contributed by atoms with Gasteiger partial charge in [-0.2, -0.15) is 0 Å². The SMILES string of the molecule is CCOC(=O)C1CCN(CC2=CC[C@@H](c3ccc(Cl)cc3Cl)[C@H]([N+](=O)[O-])C2)CC1. The van der Waals surface area contributed by atoms with Crippen molar-refractivity contribution in [1.29, 1.82) is 0 Å². The third-order valence-electron chi connectivity index (χ3n) is 5.86. The molecule has 0 radical (unpaired) electrons. The number of carbonyl (C=O) groups excluding carboxylic acids is 1. The Bertz CT molecular complexity index is 791. The monoisotopic (exact) mass is 440 g/mol. The molecule has 8 heteroatoms. The third kappa shape index (κ3) is 5.50. The third-order valence-corrected chi connectivity index (χ3v) is 6.43. The highest BCUT2D eigenvalue weighted by molar-refractivity contribution is 6.35. The van der Waals surface area contributed by atoms with Crippen LogP contribution in [0.15, 0.2) is 29.8 Å². The highest BCUT2D eigenvalue weighted by Gasteiger charge is 2.37. The number of nitrogens with zero attached hydrogens (tertiary/aromatic N) is 2. The number of benzene rings is 1. The van der Waals surface area contributed by atoms with Crippen molar-refractivity contribution in [2.75, 3.05) is 26.2 Å². The standard InChI is InChI=1S/C21H26Cl2N2O4/c1-2-29-21(26)15-7-9-24(10-8-15)13-14-3-5-18(20(11-14)25(27)28)17-6-4-16(22)12-19(17)23/h3-4,6,12,15,18,20H,2,5,7-11,13H2,1H3/t18-,20+/m0/s1. The number of nitro groups is 1. The van der Waals surface area contributed by atoms with Gasteiger partial charge < -0.3 is 4.74 Å². The fourth-order valence-electron chi connectivity index (χ4n) is 4.31. The maximum atomic E-state index is 11.9. The largest absolute Gasteiger partial charge is 0.466 e. The Hall–Kier alpha value is -1.63. The predicted molar refractivity (Wildman–Crippen MR) is 113 cm³/mol. The molecule has 1 aliphatic carbocycles. The van der Waals surface area contributed by atoms with Crippen LogP contribution in [0.1, 0.15) is 44.1 Å². The Morgan fingerprint density at radius 3 is 2.66 bits per heavy atom. The number of esters is 1. The maximum Gasteiger partial charge on any atom is 0.309 e. The van der Waals surface area contributed by atoms with Gasteiger partial charge in [-0.3, -0.25) is 19.8 Å². The van der Waals surface area contributed by atoms with E-state index >= 15 is 0 Å². The van der Waals surface area contributed by atoms with Crippen molar-refractivity contribution in [1.82, 2.24) is 4.90 Å². The van der Waals surface area contributed by atoms with Crippen molar-refractivity contribution >= 4 is 29.2 Å². The Labute approximate surface area is 180 Å². The first kappa shape index (κ1) is 22.1. The normalized spacial score (nSPS) is 23.5. The van der Waals surface area contributed by atoms with Gasteiger partial charge >= 0.3 is 5.97 Å². The summed E-state index contributed by atoms with van der Waals surface area (Å²) in [5.74, 6) is -0.400. The van der Waals surface area contributed by atoms with E-state index in [9.17, 15) is 14.9 Å². The molecule has 0 spiro atoms. The van der Waals surface area contributed by atoms with Gasteiger partial charge in [0.1, 0.15) is 0 Å².